The first-order valence-corrected chi connectivity index (χ1v) is 3.36. The van der Waals surface area contributed by atoms with Crippen LogP contribution in [0.2, 0.25) is 0 Å². The van der Waals surface area contributed by atoms with Crippen molar-refractivity contribution in [3.63, 3.8) is 0 Å². The first kappa shape index (κ1) is 9.82. The highest BCUT2D eigenvalue weighted by Gasteiger charge is 1.99. The van der Waals surface area contributed by atoms with Gasteiger partial charge < -0.3 is 9.47 Å². The van der Waals surface area contributed by atoms with Crippen LogP contribution < -0.4 is 0 Å². The van der Waals surface area contributed by atoms with Gasteiger partial charge in [-0.2, -0.15) is 0 Å². The molecule has 0 aromatic heterocycles. The van der Waals surface area contributed by atoms with Gasteiger partial charge in [0, 0.05) is 5.57 Å². The highest BCUT2D eigenvalue weighted by molar-refractivity contribution is 4.99. The lowest BCUT2D eigenvalue weighted by Gasteiger charge is -2.08. The van der Waals surface area contributed by atoms with Crippen LogP contribution in [-0.4, -0.2) is 0 Å². The molecule has 0 fully saturated rings. The van der Waals surface area contributed by atoms with Crippen molar-refractivity contribution in [1.82, 2.24) is 0 Å². The average molecular weight is 154 g/mol. The van der Waals surface area contributed by atoms with Gasteiger partial charge in [-0.25, -0.2) is 0 Å². The summed E-state index contributed by atoms with van der Waals surface area (Å²) in [5.41, 5.74) is 0.952. The van der Waals surface area contributed by atoms with Crippen molar-refractivity contribution in [2.24, 2.45) is 0 Å². The summed E-state index contributed by atoms with van der Waals surface area (Å²) in [5.74, 6) is 1.05. The summed E-state index contributed by atoms with van der Waals surface area (Å²) in [5, 5.41) is 0. The molecule has 0 aromatic rings. The largest absolute Gasteiger partial charge is 0.435 e. The first-order chi connectivity index (χ1) is 5.07. The van der Waals surface area contributed by atoms with E-state index in [9.17, 15) is 0 Å². The lowest BCUT2D eigenvalue weighted by Crippen LogP contribution is -1.93. The van der Waals surface area contributed by atoms with Crippen LogP contribution in [0.4, 0.5) is 0 Å². The molecule has 0 bridgehead atoms. The molecule has 0 saturated heterocycles. The Labute approximate surface area is 67.8 Å². The SMILES string of the molecule is C=COC(OC(=C)C)=C(C)C. The van der Waals surface area contributed by atoms with Gasteiger partial charge in [0.05, 0.1) is 12.0 Å². The number of hydrogen-bond donors (Lipinski definition) is 0. The molecule has 0 unspecified atom stereocenters. The molecule has 0 spiro atoms. The van der Waals surface area contributed by atoms with Crippen LogP contribution in [0.5, 0.6) is 0 Å². The third-order valence-electron chi connectivity index (χ3n) is 0.866. The van der Waals surface area contributed by atoms with Gasteiger partial charge >= 0.3 is 0 Å². The summed E-state index contributed by atoms with van der Waals surface area (Å²) in [7, 11) is 0. The highest BCUT2D eigenvalue weighted by Crippen LogP contribution is 2.10. The van der Waals surface area contributed by atoms with Crippen molar-refractivity contribution >= 4 is 0 Å². The van der Waals surface area contributed by atoms with E-state index in [0.717, 1.165) is 5.57 Å². The van der Waals surface area contributed by atoms with Gasteiger partial charge in [0.25, 0.3) is 5.95 Å². The lowest BCUT2D eigenvalue weighted by molar-refractivity contribution is 0.127. The normalized spacial score (nSPS) is 8.27. The Kier molecular flexibility index (Phi) is 4.11. The van der Waals surface area contributed by atoms with Gasteiger partial charge in [0.15, 0.2) is 0 Å². The van der Waals surface area contributed by atoms with Crippen molar-refractivity contribution < 1.29 is 9.47 Å². The Morgan fingerprint density at radius 1 is 1.27 bits per heavy atom. The third-order valence-corrected chi connectivity index (χ3v) is 0.866. The minimum atomic E-state index is 0.451. The van der Waals surface area contributed by atoms with Crippen molar-refractivity contribution in [1.29, 1.82) is 0 Å². The van der Waals surface area contributed by atoms with Crippen molar-refractivity contribution in [3.05, 3.63) is 36.7 Å². The zero-order valence-corrected chi connectivity index (χ0v) is 7.31. The zero-order valence-electron chi connectivity index (χ0n) is 7.31. The van der Waals surface area contributed by atoms with E-state index in [1.165, 1.54) is 6.26 Å². The number of rotatable bonds is 4. The molecule has 0 N–H and O–H groups in total. The molecule has 2 heteroatoms. The molecule has 0 saturated carbocycles. The number of allylic oxidation sites excluding steroid dienone is 2. The number of hydrogen-bond acceptors (Lipinski definition) is 2. The Morgan fingerprint density at radius 3 is 2.09 bits per heavy atom. The average Bonchev–Trinajstić information content (AvgIpc) is 1.86. The van der Waals surface area contributed by atoms with E-state index < -0.39 is 0 Å². The fraction of sp³-hybridized carbons (Fsp3) is 0.333. The summed E-state index contributed by atoms with van der Waals surface area (Å²) in [4.78, 5) is 0. The van der Waals surface area contributed by atoms with E-state index in [2.05, 4.69) is 13.2 Å². The Bertz CT molecular complexity index is 186. The Hall–Kier alpha value is -1.18. The van der Waals surface area contributed by atoms with Gasteiger partial charge in [-0.15, -0.1) is 0 Å². The minimum Gasteiger partial charge on any atom is -0.435 e. The maximum Gasteiger partial charge on any atom is 0.287 e. The van der Waals surface area contributed by atoms with Crippen molar-refractivity contribution in [2.75, 3.05) is 0 Å². The molecule has 0 amide bonds. The van der Waals surface area contributed by atoms with Crippen LogP contribution in [-0.2, 0) is 9.47 Å². The smallest absolute Gasteiger partial charge is 0.287 e. The fourth-order valence-electron chi connectivity index (χ4n) is 0.478. The second kappa shape index (κ2) is 4.61. The van der Waals surface area contributed by atoms with Crippen LogP contribution in [0.25, 0.3) is 0 Å². The molecule has 2 nitrogen and oxygen atoms in total. The summed E-state index contributed by atoms with van der Waals surface area (Å²) in [6, 6.07) is 0. The van der Waals surface area contributed by atoms with Gasteiger partial charge in [-0.1, -0.05) is 13.2 Å². The highest BCUT2D eigenvalue weighted by atomic mass is 16.7. The van der Waals surface area contributed by atoms with Crippen LogP contribution in [0.1, 0.15) is 20.8 Å². The maximum atomic E-state index is 5.14. The van der Waals surface area contributed by atoms with Gasteiger partial charge in [-0.3, -0.25) is 0 Å². The van der Waals surface area contributed by atoms with E-state index in [1.54, 1.807) is 6.92 Å². The molecule has 0 rings (SSSR count). The topological polar surface area (TPSA) is 18.5 Å². The minimum absolute atomic E-state index is 0.451. The van der Waals surface area contributed by atoms with Crippen LogP contribution >= 0.6 is 0 Å². The molecule has 0 aliphatic heterocycles. The van der Waals surface area contributed by atoms with Crippen molar-refractivity contribution in [3.8, 4) is 0 Å². The summed E-state index contributed by atoms with van der Waals surface area (Å²) < 4.78 is 10.1. The lowest BCUT2D eigenvalue weighted by atomic mass is 10.4. The predicted molar refractivity (Wildman–Crippen MR) is 45.6 cm³/mol. The molecule has 0 aromatic carbocycles. The summed E-state index contributed by atoms with van der Waals surface area (Å²) in [6.07, 6.45) is 1.32. The van der Waals surface area contributed by atoms with E-state index in [1.807, 2.05) is 13.8 Å². The second-order valence-corrected chi connectivity index (χ2v) is 2.38. The van der Waals surface area contributed by atoms with Crippen LogP contribution in [0, 0.1) is 0 Å². The van der Waals surface area contributed by atoms with Gasteiger partial charge in [-0.05, 0) is 20.8 Å². The maximum absolute atomic E-state index is 5.14. The van der Waals surface area contributed by atoms with Gasteiger partial charge in [0.2, 0.25) is 0 Å². The standard InChI is InChI=1S/C9H14O2/c1-6-10-9(7(2)3)11-8(4)5/h6H,1,4H2,2-3,5H3. The van der Waals surface area contributed by atoms with E-state index in [-0.39, 0.29) is 0 Å². The van der Waals surface area contributed by atoms with Crippen LogP contribution in [0.3, 0.4) is 0 Å². The quantitative estimate of drug-likeness (QED) is 0.579. The molecule has 0 radical (unpaired) electrons. The first-order valence-electron chi connectivity index (χ1n) is 3.36. The molecule has 62 valence electrons. The monoisotopic (exact) mass is 154 g/mol. The summed E-state index contributed by atoms with van der Waals surface area (Å²) in [6.45, 7) is 12.6. The van der Waals surface area contributed by atoms with E-state index in [4.69, 9.17) is 9.47 Å². The fourth-order valence-corrected chi connectivity index (χ4v) is 0.478. The third kappa shape index (κ3) is 4.25. The zero-order chi connectivity index (χ0) is 8.85. The van der Waals surface area contributed by atoms with Crippen molar-refractivity contribution in [2.45, 2.75) is 20.8 Å². The van der Waals surface area contributed by atoms with Gasteiger partial charge in [0.1, 0.15) is 0 Å². The molecule has 0 heterocycles. The Balaban J connectivity index is 4.24. The van der Waals surface area contributed by atoms with E-state index >= 15 is 0 Å². The molecule has 0 aliphatic carbocycles. The summed E-state index contributed by atoms with van der Waals surface area (Å²) >= 11 is 0. The molecular weight excluding hydrogens is 140 g/mol. The van der Waals surface area contributed by atoms with E-state index in [0.29, 0.717) is 11.7 Å². The molecule has 0 aliphatic rings. The van der Waals surface area contributed by atoms with Crippen LogP contribution in [0.15, 0.2) is 36.7 Å². The Morgan fingerprint density at radius 2 is 1.82 bits per heavy atom. The number of ether oxygens (including phenoxy) is 2. The molecular formula is C9H14O2. The predicted octanol–water partition coefficient (Wildman–Crippen LogP) is 2.95. The molecule has 11 heavy (non-hydrogen) atoms. The second-order valence-electron chi connectivity index (χ2n) is 2.38. The molecule has 0 atom stereocenters.